The highest BCUT2D eigenvalue weighted by Crippen LogP contribution is 2.29. The van der Waals surface area contributed by atoms with Crippen LogP contribution in [0.15, 0.2) is 0 Å². The maximum Gasteiger partial charge on any atom is 0.356 e. The monoisotopic (exact) mass is 223 g/mol. The Hall–Kier alpha value is -1.85. The van der Waals surface area contributed by atoms with Crippen molar-refractivity contribution in [3.8, 4) is 0 Å². The third-order valence-electron chi connectivity index (χ3n) is 2.75. The van der Waals surface area contributed by atoms with Gasteiger partial charge in [0.25, 0.3) is 0 Å². The van der Waals surface area contributed by atoms with Crippen molar-refractivity contribution in [2.75, 3.05) is 0 Å². The third kappa shape index (κ3) is 1.78. The summed E-state index contributed by atoms with van der Waals surface area (Å²) in [6.07, 6.45) is 2.37. The van der Waals surface area contributed by atoms with Crippen LogP contribution in [-0.4, -0.2) is 27.2 Å². The molecule has 1 aromatic heterocycles. The van der Waals surface area contributed by atoms with E-state index in [1.807, 2.05) is 0 Å². The number of carboxylic acid groups (broad SMARTS) is 1. The van der Waals surface area contributed by atoms with Crippen LogP contribution in [0.5, 0.6) is 0 Å². The van der Waals surface area contributed by atoms with Crippen LogP contribution in [0.3, 0.4) is 0 Å². The minimum absolute atomic E-state index is 0.0741. The first-order valence-electron chi connectivity index (χ1n) is 5.17. The first kappa shape index (κ1) is 10.7. The van der Waals surface area contributed by atoms with Crippen LogP contribution < -0.4 is 5.32 Å². The average Bonchev–Trinajstić information content (AvgIpc) is 2.61. The topological polar surface area (TPSA) is 95.1 Å². The lowest BCUT2D eigenvalue weighted by atomic mass is 9.91. The summed E-state index contributed by atoms with van der Waals surface area (Å²) in [4.78, 5) is 21.9. The molecular formula is C10H13N3O3. The second kappa shape index (κ2) is 3.96. The molecule has 0 fully saturated rings. The van der Waals surface area contributed by atoms with Crippen molar-refractivity contribution in [1.29, 1.82) is 0 Å². The number of hydrogen-bond donors (Lipinski definition) is 3. The molecule has 0 spiro atoms. The predicted octanol–water partition coefficient (Wildman–Crippen LogP) is 0.621. The molecule has 16 heavy (non-hydrogen) atoms. The zero-order valence-electron chi connectivity index (χ0n) is 8.91. The van der Waals surface area contributed by atoms with E-state index in [4.69, 9.17) is 5.11 Å². The molecule has 1 aliphatic rings. The van der Waals surface area contributed by atoms with E-state index in [1.54, 1.807) is 0 Å². The molecule has 0 aromatic carbocycles. The number of amides is 1. The van der Waals surface area contributed by atoms with Crippen LogP contribution in [0.25, 0.3) is 0 Å². The maximum absolute atomic E-state index is 11.0. The number of aromatic carboxylic acids is 1. The molecule has 86 valence electrons. The van der Waals surface area contributed by atoms with Crippen LogP contribution in [-0.2, 0) is 11.2 Å². The highest BCUT2D eigenvalue weighted by atomic mass is 16.4. The summed E-state index contributed by atoms with van der Waals surface area (Å²) in [5.74, 6) is -1.15. The number of nitrogens with zero attached hydrogens (tertiary/aromatic N) is 1. The number of aromatic nitrogens is 2. The number of nitrogens with one attached hydrogen (secondary N) is 2. The highest BCUT2D eigenvalue weighted by Gasteiger charge is 2.28. The minimum atomic E-state index is -1.03. The van der Waals surface area contributed by atoms with E-state index >= 15 is 0 Å². The van der Waals surface area contributed by atoms with Gasteiger partial charge in [-0.05, 0) is 19.3 Å². The fourth-order valence-electron chi connectivity index (χ4n) is 2.11. The fourth-order valence-corrected chi connectivity index (χ4v) is 2.11. The molecule has 0 saturated carbocycles. The molecular weight excluding hydrogens is 210 g/mol. The Bertz CT molecular complexity index is 439. The lowest BCUT2D eigenvalue weighted by molar-refractivity contribution is -0.119. The SMILES string of the molecule is CC(=O)NC1CCCc2c(C(=O)O)n[nH]c21. The van der Waals surface area contributed by atoms with E-state index < -0.39 is 5.97 Å². The molecule has 0 aliphatic heterocycles. The van der Waals surface area contributed by atoms with E-state index in [0.717, 1.165) is 24.1 Å². The average molecular weight is 223 g/mol. The Labute approximate surface area is 92.0 Å². The van der Waals surface area contributed by atoms with Crippen molar-refractivity contribution in [1.82, 2.24) is 15.5 Å². The number of carbonyl (C=O) groups excluding carboxylic acids is 1. The van der Waals surface area contributed by atoms with Crippen LogP contribution in [0.4, 0.5) is 0 Å². The van der Waals surface area contributed by atoms with Crippen molar-refractivity contribution in [3.05, 3.63) is 17.0 Å². The number of carboxylic acids is 1. The molecule has 6 heteroatoms. The number of aromatic amines is 1. The maximum atomic E-state index is 11.0. The zero-order valence-corrected chi connectivity index (χ0v) is 8.91. The van der Waals surface area contributed by atoms with Crippen LogP contribution in [0.2, 0.25) is 0 Å². The molecule has 2 rings (SSSR count). The summed E-state index contributed by atoms with van der Waals surface area (Å²) in [7, 11) is 0. The van der Waals surface area contributed by atoms with E-state index in [0.29, 0.717) is 6.42 Å². The van der Waals surface area contributed by atoms with E-state index in [-0.39, 0.29) is 17.6 Å². The predicted molar refractivity (Wildman–Crippen MR) is 55.0 cm³/mol. The Morgan fingerprint density at radius 3 is 2.94 bits per heavy atom. The van der Waals surface area contributed by atoms with Gasteiger partial charge in [-0.1, -0.05) is 0 Å². The number of H-pyrrole nitrogens is 1. The summed E-state index contributed by atoms with van der Waals surface area (Å²) >= 11 is 0. The van der Waals surface area contributed by atoms with Gasteiger partial charge in [0.05, 0.1) is 11.7 Å². The zero-order chi connectivity index (χ0) is 11.7. The normalized spacial score (nSPS) is 18.9. The van der Waals surface area contributed by atoms with Crippen LogP contribution >= 0.6 is 0 Å². The summed E-state index contributed by atoms with van der Waals surface area (Å²) in [5, 5.41) is 18.2. The molecule has 1 amide bonds. The molecule has 6 nitrogen and oxygen atoms in total. The van der Waals surface area contributed by atoms with Gasteiger partial charge in [-0.25, -0.2) is 4.79 Å². The van der Waals surface area contributed by atoms with Gasteiger partial charge in [0, 0.05) is 12.5 Å². The molecule has 0 bridgehead atoms. The minimum Gasteiger partial charge on any atom is -0.476 e. The molecule has 0 radical (unpaired) electrons. The molecule has 1 aliphatic carbocycles. The van der Waals surface area contributed by atoms with Crippen molar-refractivity contribution >= 4 is 11.9 Å². The van der Waals surface area contributed by atoms with Gasteiger partial charge in [0.1, 0.15) is 0 Å². The first-order valence-corrected chi connectivity index (χ1v) is 5.17. The van der Waals surface area contributed by atoms with Crippen molar-refractivity contribution < 1.29 is 14.7 Å². The molecule has 3 N–H and O–H groups in total. The first-order chi connectivity index (χ1) is 7.59. The summed E-state index contributed by atoms with van der Waals surface area (Å²) in [5.41, 5.74) is 1.53. The molecule has 1 atom stereocenters. The number of rotatable bonds is 2. The Balaban J connectivity index is 2.33. The quantitative estimate of drug-likeness (QED) is 0.685. The van der Waals surface area contributed by atoms with Crippen LogP contribution in [0, 0.1) is 0 Å². The number of fused-ring (bicyclic) bond motifs is 1. The van der Waals surface area contributed by atoms with Gasteiger partial charge in [-0.2, -0.15) is 5.10 Å². The van der Waals surface area contributed by atoms with Crippen molar-refractivity contribution in [2.24, 2.45) is 0 Å². The Morgan fingerprint density at radius 1 is 1.56 bits per heavy atom. The third-order valence-corrected chi connectivity index (χ3v) is 2.75. The molecule has 1 aromatic rings. The molecule has 1 heterocycles. The summed E-state index contributed by atoms with van der Waals surface area (Å²) in [6, 6.07) is -0.137. The van der Waals surface area contributed by atoms with Crippen molar-refractivity contribution in [3.63, 3.8) is 0 Å². The van der Waals surface area contributed by atoms with E-state index in [9.17, 15) is 9.59 Å². The summed E-state index contributed by atoms with van der Waals surface area (Å²) in [6.45, 7) is 1.45. The lowest BCUT2D eigenvalue weighted by Gasteiger charge is -2.22. The number of carbonyl (C=O) groups is 2. The Kier molecular flexibility index (Phi) is 2.64. The standard InChI is InChI=1S/C10H13N3O3/c1-5(14)11-7-4-2-3-6-8(7)12-13-9(6)10(15)16/h7H,2-4H2,1H3,(H,11,14)(H,12,13)(H,15,16). The Morgan fingerprint density at radius 2 is 2.31 bits per heavy atom. The lowest BCUT2D eigenvalue weighted by Crippen LogP contribution is -2.29. The van der Waals surface area contributed by atoms with Crippen LogP contribution in [0.1, 0.15) is 47.6 Å². The highest BCUT2D eigenvalue weighted by molar-refractivity contribution is 5.87. The van der Waals surface area contributed by atoms with Gasteiger partial charge < -0.3 is 10.4 Å². The van der Waals surface area contributed by atoms with E-state index in [2.05, 4.69) is 15.5 Å². The van der Waals surface area contributed by atoms with Gasteiger partial charge in [-0.3, -0.25) is 9.89 Å². The summed E-state index contributed by atoms with van der Waals surface area (Å²) < 4.78 is 0. The molecule has 1 unspecified atom stereocenters. The molecule has 0 saturated heterocycles. The van der Waals surface area contributed by atoms with Crippen molar-refractivity contribution in [2.45, 2.75) is 32.2 Å². The van der Waals surface area contributed by atoms with E-state index in [1.165, 1.54) is 6.92 Å². The smallest absolute Gasteiger partial charge is 0.356 e. The second-order valence-electron chi connectivity index (χ2n) is 3.91. The van der Waals surface area contributed by atoms with Gasteiger partial charge in [-0.15, -0.1) is 0 Å². The van der Waals surface area contributed by atoms with Gasteiger partial charge in [0.2, 0.25) is 5.91 Å². The largest absolute Gasteiger partial charge is 0.476 e. The number of hydrogen-bond acceptors (Lipinski definition) is 3. The second-order valence-corrected chi connectivity index (χ2v) is 3.91. The fraction of sp³-hybridized carbons (Fsp3) is 0.500. The van der Waals surface area contributed by atoms with Gasteiger partial charge in [0.15, 0.2) is 5.69 Å². The van der Waals surface area contributed by atoms with Gasteiger partial charge >= 0.3 is 5.97 Å².